The van der Waals surface area contributed by atoms with Crippen molar-refractivity contribution in [2.45, 2.75) is 115 Å². The fourth-order valence-corrected chi connectivity index (χ4v) is 6.70. The molecule has 1 aromatic rings. The summed E-state index contributed by atoms with van der Waals surface area (Å²) < 4.78 is 19.4. The third-order valence-electron chi connectivity index (χ3n) is 5.70. The second kappa shape index (κ2) is 8.67. The summed E-state index contributed by atoms with van der Waals surface area (Å²) in [5.74, 6) is 0.795. The third-order valence-corrected chi connectivity index (χ3v) is 7.00. The molecule has 0 aliphatic carbocycles. The lowest BCUT2D eigenvalue weighted by atomic mass is 9.81. The summed E-state index contributed by atoms with van der Waals surface area (Å²) in [5.41, 5.74) is 0.0512. The molecule has 0 bridgehead atoms. The van der Waals surface area contributed by atoms with Crippen molar-refractivity contribution in [3.8, 4) is 5.75 Å². The number of rotatable bonds is 6. The highest BCUT2D eigenvalue weighted by Gasteiger charge is 2.43. The molecule has 6 heteroatoms. The van der Waals surface area contributed by atoms with Crippen LogP contribution in [0.5, 0.6) is 5.75 Å². The Kier molecular flexibility index (Phi) is 6.92. The molecule has 0 amide bonds. The lowest BCUT2D eigenvalue weighted by molar-refractivity contribution is 0.0132. The summed E-state index contributed by atoms with van der Waals surface area (Å²) in [6, 6.07) is 9.89. The molecule has 2 aliphatic heterocycles. The van der Waals surface area contributed by atoms with Gasteiger partial charge in [-0.1, -0.05) is 18.2 Å². The highest BCUT2D eigenvalue weighted by molar-refractivity contribution is 7.42. The summed E-state index contributed by atoms with van der Waals surface area (Å²) in [4.78, 5) is 0. The topological polar surface area (TPSA) is 51.8 Å². The number of para-hydroxylation sites is 1. The van der Waals surface area contributed by atoms with Crippen molar-refractivity contribution in [1.29, 1.82) is 0 Å². The lowest BCUT2D eigenvalue weighted by Gasteiger charge is -2.47. The standard InChI is InChI=1S/C24H41N2O3P/c1-21(2)14-19(15-22(3,4)25-21)28-30(27-18-12-10-9-11-13-18)29-20-16-23(5,6)26-24(7,8)17-20/h9-13,19-20,25-26H,14-17H2,1-8H3. The molecule has 2 aliphatic rings. The zero-order valence-electron chi connectivity index (χ0n) is 20.0. The predicted octanol–water partition coefficient (Wildman–Crippen LogP) is 5.94. The number of nitrogens with one attached hydrogen (secondary N) is 2. The van der Waals surface area contributed by atoms with Gasteiger partial charge in [0.1, 0.15) is 5.75 Å². The molecule has 0 unspecified atom stereocenters. The number of benzene rings is 1. The van der Waals surface area contributed by atoms with E-state index in [-0.39, 0.29) is 34.4 Å². The third kappa shape index (κ3) is 7.17. The number of hydrogen-bond acceptors (Lipinski definition) is 5. The van der Waals surface area contributed by atoms with Gasteiger partial charge in [0.25, 0.3) is 0 Å². The van der Waals surface area contributed by atoms with Gasteiger partial charge in [-0.15, -0.1) is 0 Å². The van der Waals surface area contributed by atoms with Gasteiger partial charge in [-0.25, -0.2) is 0 Å². The van der Waals surface area contributed by atoms with Crippen molar-refractivity contribution in [3.63, 3.8) is 0 Å². The maximum Gasteiger partial charge on any atom is 0.397 e. The molecular weight excluding hydrogens is 395 g/mol. The maximum atomic E-state index is 6.57. The smallest absolute Gasteiger partial charge is 0.397 e. The first-order valence-corrected chi connectivity index (χ1v) is 12.3. The fraction of sp³-hybridized carbons (Fsp3) is 0.750. The Balaban J connectivity index is 1.75. The van der Waals surface area contributed by atoms with Crippen LogP contribution in [0.3, 0.4) is 0 Å². The van der Waals surface area contributed by atoms with Crippen LogP contribution in [-0.2, 0) is 9.05 Å². The molecule has 0 aromatic heterocycles. The second-order valence-corrected chi connectivity index (χ2v) is 12.7. The summed E-state index contributed by atoms with van der Waals surface area (Å²) in [6.07, 6.45) is 3.91. The Labute approximate surface area is 184 Å². The van der Waals surface area contributed by atoms with Crippen molar-refractivity contribution in [2.75, 3.05) is 0 Å². The Morgan fingerprint density at radius 2 is 1.03 bits per heavy atom. The molecule has 170 valence electrons. The van der Waals surface area contributed by atoms with E-state index in [1.165, 1.54) is 0 Å². The summed E-state index contributed by atoms with van der Waals surface area (Å²) in [5, 5.41) is 7.45. The molecule has 2 N–H and O–H groups in total. The Hall–Kier alpha value is -0.710. The predicted molar refractivity (Wildman–Crippen MR) is 125 cm³/mol. The molecule has 0 atom stereocenters. The van der Waals surface area contributed by atoms with Gasteiger partial charge in [0.2, 0.25) is 0 Å². The Bertz CT molecular complexity index is 634. The molecule has 30 heavy (non-hydrogen) atoms. The van der Waals surface area contributed by atoms with E-state index >= 15 is 0 Å². The first-order chi connectivity index (χ1) is 13.7. The highest BCUT2D eigenvalue weighted by Crippen LogP contribution is 2.48. The summed E-state index contributed by atoms with van der Waals surface area (Å²) in [7, 11) is -1.50. The van der Waals surface area contributed by atoms with Gasteiger partial charge in [0.15, 0.2) is 0 Å². The van der Waals surface area contributed by atoms with Gasteiger partial charge in [-0.3, -0.25) is 9.05 Å². The normalized spacial score (nSPS) is 25.9. The monoisotopic (exact) mass is 436 g/mol. The lowest BCUT2D eigenvalue weighted by Crippen LogP contribution is -2.59. The van der Waals surface area contributed by atoms with Crippen LogP contribution < -0.4 is 15.2 Å². The molecule has 2 fully saturated rings. The molecule has 3 rings (SSSR count). The van der Waals surface area contributed by atoms with Crippen LogP contribution in [0.25, 0.3) is 0 Å². The molecule has 2 heterocycles. The van der Waals surface area contributed by atoms with E-state index < -0.39 is 8.60 Å². The zero-order valence-corrected chi connectivity index (χ0v) is 20.9. The quantitative estimate of drug-likeness (QED) is 0.540. The van der Waals surface area contributed by atoms with Crippen molar-refractivity contribution in [2.24, 2.45) is 0 Å². The zero-order chi connectivity index (χ0) is 22.2. The summed E-state index contributed by atoms with van der Waals surface area (Å²) >= 11 is 0. The van der Waals surface area contributed by atoms with Gasteiger partial charge in [0.05, 0.1) is 12.2 Å². The SMILES string of the molecule is CC1(C)CC(OP(Oc2ccccc2)OC2CC(C)(C)NC(C)(C)C2)CC(C)(C)N1. The fourth-order valence-electron chi connectivity index (χ4n) is 5.49. The van der Waals surface area contributed by atoms with E-state index in [1.807, 2.05) is 30.3 Å². The molecular formula is C24H41N2O3P. The number of hydrogen-bond donors (Lipinski definition) is 2. The van der Waals surface area contributed by atoms with E-state index in [1.54, 1.807) is 0 Å². The number of piperidine rings is 2. The van der Waals surface area contributed by atoms with Gasteiger partial charge < -0.3 is 15.2 Å². The molecule has 0 spiro atoms. The molecule has 0 saturated carbocycles. The molecule has 1 aromatic carbocycles. The highest BCUT2D eigenvalue weighted by atomic mass is 31.2. The molecule has 2 saturated heterocycles. The van der Waals surface area contributed by atoms with Gasteiger partial charge in [-0.2, -0.15) is 0 Å². The van der Waals surface area contributed by atoms with Gasteiger partial charge >= 0.3 is 8.60 Å². The van der Waals surface area contributed by atoms with Crippen LogP contribution in [0.2, 0.25) is 0 Å². The van der Waals surface area contributed by atoms with Crippen LogP contribution in [0.15, 0.2) is 30.3 Å². The minimum Gasteiger partial charge on any atom is -0.427 e. The molecule has 0 radical (unpaired) electrons. The molecule has 5 nitrogen and oxygen atoms in total. The summed E-state index contributed by atoms with van der Waals surface area (Å²) in [6.45, 7) is 17.9. The van der Waals surface area contributed by atoms with Crippen LogP contribution in [-0.4, -0.2) is 34.4 Å². The van der Waals surface area contributed by atoms with E-state index in [4.69, 9.17) is 13.6 Å². The van der Waals surface area contributed by atoms with Crippen LogP contribution >= 0.6 is 8.60 Å². The van der Waals surface area contributed by atoms with Crippen molar-refractivity contribution in [3.05, 3.63) is 30.3 Å². The van der Waals surface area contributed by atoms with E-state index in [0.717, 1.165) is 31.4 Å². The maximum absolute atomic E-state index is 6.57. The van der Waals surface area contributed by atoms with Crippen LogP contribution in [0, 0.1) is 0 Å². The first-order valence-electron chi connectivity index (χ1n) is 11.2. The second-order valence-electron chi connectivity index (χ2n) is 11.7. The minimum atomic E-state index is -1.50. The van der Waals surface area contributed by atoms with Gasteiger partial charge in [-0.05, 0) is 93.2 Å². The van der Waals surface area contributed by atoms with Crippen molar-refractivity contribution in [1.82, 2.24) is 10.6 Å². The van der Waals surface area contributed by atoms with Crippen LogP contribution in [0.1, 0.15) is 81.1 Å². The average Bonchev–Trinajstić information content (AvgIpc) is 2.49. The van der Waals surface area contributed by atoms with E-state index in [9.17, 15) is 0 Å². The van der Waals surface area contributed by atoms with Gasteiger partial charge in [0, 0.05) is 22.2 Å². The average molecular weight is 437 g/mol. The van der Waals surface area contributed by atoms with Crippen molar-refractivity contribution < 1.29 is 13.6 Å². The first kappa shape index (κ1) is 23.9. The van der Waals surface area contributed by atoms with Crippen LogP contribution in [0.4, 0.5) is 0 Å². The van der Waals surface area contributed by atoms with E-state index in [0.29, 0.717) is 0 Å². The Morgan fingerprint density at radius 1 is 0.667 bits per heavy atom. The van der Waals surface area contributed by atoms with E-state index in [2.05, 4.69) is 66.0 Å². The van der Waals surface area contributed by atoms with Crippen molar-refractivity contribution >= 4 is 8.60 Å². The Morgan fingerprint density at radius 3 is 1.40 bits per heavy atom. The largest absolute Gasteiger partial charge is 0.427 e. The minimum absolute atomic E-state index is 0.0128.